The third-order valence-corrected chi connectivity index (χ3v) is 1.78. The second-order valence-corrected chi connectivity index (χ2v) is 2.86. The Labute approximate surface area is 86.5 Å². The largest absolute Gasteiger partial charge is 0.478 e. The van der Waals surface area contributed by atoms with Gasteiger partial charge in [-0.05, 0) is 12.1 Å². The number of carbonyl (C=O) groups is 2. The first-order chi connectivity index (χ1) is 7.06. The van der Waals surface area contributed by atoms with Gasteiger partial charge in [0.05, 0.1) is 5.69 Å². The second-order valence-electron chi connectivity index (χ2n) is 2.86. The van der Waals surface area contributed by atoms with Crippen LogP contribution in [0.3, 0.4) is 0 Å². The van der Waals surface area contributed by atoms with E-state index in [1.54, 1.807) is 6.92 Å². The molecule has 1 rings (SSSR count). The Morgan fingerprint density at radius 3 is 2.67 bits per heavy atom. The predicted molar refractivity (Wildman–Crippen MR) is 53.7 cm³/mol. The van der Waals surface area contributed by atoms with Crippen molar-refractivity contribution in [2.75, 3.05) is 5.73 Å². The lowest BCUT2D eigenvalue weighted by molar-refractivity contribution is -0.133. The van der Waals surface area contributed by atoms with Crippen LogP contribution in [0.2, 0.25) is 0 Å². The van der Waals surface area contributed by atoms with Crippen molar-refractivity contribution in [3.63, 3.8) is 0 Å². The molecular formula is C10H11NO4. The number of aromatic carboxylic acids is 1. The van der Waals surface area contributed by atoms with Crippen molar-refractivity contribution in [3.05, 3.63) is 23.8 Å². The van der Waals surface area contributed by atoms with Crippen LogP contribution in [0.15, 0.2) is 18.2 Å². The molecule has 0 aliphatic heterocycles. The fourth-order valence-corrected chi connectivity index (χ4v) is 1.02. The van der Waals surface area contributed by atoms with Gasteiger partial charge in [0.25, 0.3) is 0 Å². The maximum absolute atomic E-state index is 11.0. The summed E-state index contributed by atoms with van der Waals surface area (Å²) in [5.74, 6) is -1.78. The number of carboxylic acids is 1. The Balaban J connectivity index is 3.13. The Kier molecular flexibility index (Phi) is 3.28. The van der Waals surface area contributed by atoms with Crippen molar-refractivity contribution in [1.29, 1.82) is 0 Å². The van der Waals surface area contributed by atoms with E-state index in [2.05, 4.69) is 0 Å². The summed E-state index contributed by atoms with van der Waals surface area (Å²) in [4.78, 5) is 21.8. The number of nitrogens with two attached hydrogens (primary N) is 1. The van der Waals surface area contributed by atoms with E-state index in [4.69, 9.17) is 15.6 Å². The summed E-state index contributed by atoms with van der Waals surface area (Å²) in [5.41, 5.74) is 5.54. The molecule has 0 heterocycles. The molecule has 5 nitrogen and oxygen atoms in total. The van der Waals surface area contributed by atoms with E-state index in [1.807, 2.05) is 0 Å². The van der Waals surface area contributed by atoms with Gasteiger partial charge in [-0.2, -0.15) is 0 Å². The highest BCUT2D eigenvalue weighted by molar-refractivity contribution is 5.94. The van der Waals surface area contributed by atoms with Gasteiger partial charge in [-0.3, -0.25) is 4.79 Å². The average molecular weight is 209 g/mol. The van der Waals surface area contributed by atoms with Crippen molar-refractivity contribution < 1.29 is 19.4 Å². The van der Waals surface area contributed by atoms with Crippen molar-refractivity contribution in [3.8, 4) is 5.75 Å². The molecular weight excluding hydrogens is 198 g/mol. The number of ether oxygens (including phenoxy) is 1. The summed E-state index contributed by atoms with van der Waals surface area (Å²) in [7, 11) is 0. The van der Waals surface area contributed by atoms with Crippen LogP contribution < -0.4 is 10.5 Å². The normalized spacial score (nSPS) is 9.67. The maximum atomic E-state index is 11.0. The molecule has 0 bridgehead atoms. The van der Waals surface area contributed by atoms with Gasteiger partial charge in [-0.25, -0.2) is 4.79 Å². The van der Waals surface area contributed by atoms with Crippen molar-refractivity contribution in [2.24, 2.45) is 0 Å². The van der Waals surface area contributed by atoms with Crippen LogP contribution in [0.4, 0.5) is 5.69 Å². The Morgan fingerprint density at radius 2 is 2.13 bits per heavy atom. The summed E-state index contributed by atoms with van der Waals surface area (Å²) in [6, 6.07) is 4.30. The number of benzene rings is 1. The summed E-state index contributed by atoms with van der Waals surface area (Å²) in [5, 5.41) is 8.83. The zero-order chi connectivity index (χ0) is 11.4. The quantitative estimate of drug-likeness (QED) is 0.444. The van der Waals surface area contributed by atoms with Crippen LogP contribution in [0.1, 0.15) is 23.7 Å². The second kappa shape index (κ2) is 4.45. The van der Waals surface area contributed by atoms with Gasteiger partial charge in [-0.1, -0.05) is 13.0 Å². The number of esters is 1. The first-order valence-electron chi connectivity index (χ1n) is 4.38. The van der Waals surface area contributed by atoms with E-state index in [-0.39, 0.29) is 23.4 Å². The average Bonchev–Trinajstić information content (AvgIpc) is 2.20. The molecule has 0 saturated heterocycles. The third-order valence-electron chi connectivity index (χ3n) is 1.78. The molecule has 5 heteroatoms. The number of carboxylic acid groups (broad SMARTS) is 1. The molecule has 0 amide bonds. The van der Waals surface area contributed by atoms with Crippen LogP contribution in [0.25, 0.3) is 0 Å². The molecule has 0 radical (unpaired) electrons. The van der Waals surface area contributed by atoms with Crippen molar-refractivity contribution >= 4 is 17.6 Å². The van der Waals surface area contributed by atoms with E-state index in [9.17, 15) is 9.59 Å². The standard InChI is InChI=1S/C10H11NO4/c1-2-8(12)15-9-6(10(13)14)4-3-5-7(9)11/h3-5H,2,11H2,1H3,(H,13,14). The smallest absolute Gasteiger partial charge is 0.339 e. The summed E-state index contributed by atoms with van der Waals surface area (Å²) in [6.45, 7) is 1.61. The Hall–Kier alpha value is -2.04. The van der Waals surface area contributed by atoms with Crippen molar-refractivity contribution in [1.82, 2.24) is 0 Å². The highest BCUT2D eigenvalue weighted by atomic mass is 16.5. The van der Waals surface area contributed by atoms with Crippen LogP contribution in [-0.4, -0.2) is 17.0 Å². The molecule has 1 aromatic rings. The highest BCUT2D eigenvalue weighted by Gasteiger charge is 2.16. The fourth-order valence-electron chi connectivity index (χ4n) is 1.02. The van der Waals surface area contributed by atoms with Gasteiger partial charge in [-0.15, -0.1) is 0 Å². The van der Waals surface area contributed by atoms with E-state index < -0.39 is 11.9 Å². The van der Waals surface area contributed by atoms with Gasteiger partial charge < -0.3 is 15.6 Å². The minimum atomic E-state index is -1.18. The molecule has 3 N–H and O–H groups in total. The molecule has 0 spiro atoms. The van der Waals surface area contributed by atoms with Gasteiger partial charge >= 0.3 is 11.9 Å². The molecule has 0 unspecified atom stereocenters. The zero-order valence-corrected chi connectivity index (χ0v) is 8.19. The number of rotatable bonds is 3. The molecule has 80 valence electrons. The SMILES string of the molecule is CCC(=O)Oc1c(N)cccc1C(=O)O. The topological polar surface area (TPSA) is 89.6 Å². The Bertz CT molecular complexity index is 400. The molecule has 0 aliphatic rings. The number of hydrogen-bond donors (Lipinski definition) is 2. The highest BCUT2D eigenvalue weighted by Crippen LogP contribution is 2.26. The molecule has 0 fully saturated rings. The summed E-state index contributed by atoms with van der Waals surface area (Å²) < 4.78 is 4.84. The van der Waals surface area contributed by atoms with Gasteiger partial charge in [0, 0.05) is 6.42 Å². The third kappa shape index (κ3) is 2.46. The van der Waals surface area contributed by atoms with E-state index in [1.165, 1.54) is 18.2 Å². The number of carbonyl (C=O) groups excluding carboxylic acids is 1. The maximum Gasteiger partial charge on any atom is 0.339 e. The number of anilines is 1. The molecule has 1 aromatic carbocycles. The lowest BCUT2D eigenvalue weighted by Crippen LogP contribution is -2.11. The monoisotopic (exact) mass is 209 g/mol. The van der Waals surface area contributed by atoms with Gasteiger partial charge in [0.2, 0.25) is 0 Å². The molecule has 15 heavy (non-hydrogen) atoms. The number of nitrogen functional groups attached to an aromatic ring is 1. The van der Waals surface area contributed by atoms with Crippen LogP contribution in [0, 0.1) is 0 Å². The van der Waals surface area contributed by atoms with Crippen molar-refractivity contribution in [2.45, 2.75) is 13.3 Å². The Morgan fingerprint density at radius 1 is 1.47 bits per heavy atom. The molecule has 0 aliphatic carbocycles. The summed E-state index contributed by atoms with van der Waals surface area (Å²) in [6.07, 6.45) is 0.160. The lowest BCUT2D eigenvalue weighted by Gasteiger charge is -2.08. The van der Waals surface area contributed by atoms with E-state index >= 15 is 0 Å². The molecule has 0 atom stereocenters. The van der Waals surface area contributed by atoms with Gasteiger partial charge in [0.1, 0.15) is 5.56 Å². The van der Waals surface area contributed by atoms with Gasteiger partial charge in [0.15, 0.2) is 5.75 Å². The number of hydrogen-bond acceptors (Lipinski definition) is 4. The first-order valence-corrected chi connectivity index (χ1v) is 4.38. The van der Waals surface area contributed by atoms with E-state index in [0.717, 1.165) is 0 Å². The lowest BCUT2D eigenvalue weighted by atomic mass is 10.2. The minimum absolute atomic E-state index is 0.0862. The van der Waals surface area contributed by atoms with Crippen LogP contribution in [0.5, 0.6) is 5.75 Å². The minimum Gasteiger partial charge on any atom is -0.478 e. The molecule has 0 aromatic heterocycles. The van der Waals surface area contributed by atoms with Crippen LogP contribution >= 0.6 is 0 Å². The number of para-hydroxylation sites is 1. The van der Waals surface area contributed by atoms with Crippen LogP contribution in [-0.2, 0) is 4.79 Å². The first kappa shape index (κ1) is 11.0. The van der Waals surface area contributed by atoms with E-state index in [0.29, 0.717) is 0 Å². The predicted octanol–water partition coefficient (Wildman–Crippen LogP) is 1.28. The zero-order valence-electron chi connectivity index (χ0n) is 8.19. The fraction of sp³-hybridized carbons (Fsp3) is 0.200. The molecule has 0 saturated carbocycles. The summed E-state index contributed by atoms with van der Waals surface area (Å²) >= 11 is 0.